The van der Waals surface area contributed by atoms with Crippen molar-refractivity contribution in [1.82, 2.24) is 30.5 Å². The number of imidazole rings is 1. The van der Waals surface area contributed by atoms with Crippen LogP contribution in [0.25, 0.3) is 0 Å². The number of amides is 4. The third-order valence-corrected chi connectivity index (χ3v) is 10.0. The van der Waals surface area contributed by atoms with Crippen LogP contribution in [0.1, 0.15) is 72.4 Å². The minimum absolute atomic E-state index is 0.104. The largest absolute Gasteiger partial charge is 0.352 e. The summed E-state index contributed by atoms with van der Waals surface area (Å²) >= 11 is 12.6. The molecule has 0 spiro atoms. The molecule has 7 rings (SSSR count). The number of nitrogens with zero attached hydrogens (tertiary/aromatic N) is 5. The van der Waals surface area contributed by atoms with E-state index in [2.05, 4.69) is 32.0 Å². The second kappa shape index (κ2) is 12.3. The Kier molecular flexibility index (Phi) is 8.16. The molecule has 1 aliphatic heterocycles. The molecule has 3 heterocycles. The minimum Gasteiger partial charge on any atom is -0.352 e. The number of fused-ring (bicyclic) bond motifs is 1. The average molecular weight is 712 g/mol. The summed E-state index contributed by atoms with van der Waals surface area (Å²) in [6.07, 6.45) is 5.48. The normalized spacial score (nSPS) is 19.3. The van der Waals surface area contributed by atoms with E-state index in [1.165, 1.54) is 18.0 Å². The predicted octanol–water partition coefficient (Wildman–Crippen LogP) is 4.80. The number of nitrogens with one attached hydrogen (secondary N) is 3. The highest BCUT2D eigenvalue weighted by molar-refractivity contribution is 6.35. The van der Waals surface area contributed by atoms with Crippen molar-refractivity contribution >= 4 is 58.5 Å². The van der Waals surface area contributed by atoms with Gasteiger partial charge in [-0.2, -0.15) is 5.26 Å². The summed E-state index contributed by atoms with van der Waals surface area (Å²) in [6.45, 7) is 3.52. The van der Waals surface area contributed by atoms with Gasteiger partial charge in [-0.3, -0.25) is 28.7 Å². The molecule has 4 amide bonds. The summed E-state index contributed by atoms with van der Waals surface area (Å²) in [7, 11) is 0. The van der Waals surface area contributed by atoms with Gasteiger partial charge in [0.1, 0.15) is 16.8 Å². The Hall–Kier alpha value is -5.25. The molecule has 4 aromatic rings. The fourth-order valence-electron chi connectivity index (χ4n) is 6.52. The number of halogens is 2. The van der Waals surface area contributed by atoms with E-state index in [9.17, 15) is 24.4 Å². The molecular weight excluding hydrogens is 679 g/mol. The van der Waals surface area contributed by atoms with Gasteiger partial charge in [0.2, 0.25) is 17.8 Å². The smallest absolute Gasteiger partial charge is 0.270 e. The fraction of sp³-hybridized carbons (Fsp3) is 0.306. The van der Waals surface area contributed by atoms with Crippen LogP contribution in [0.5, 0.6) is 0 Å². The molecule has 2 saturated carbocycles. The van der Waals surface area contributed by atoms with Crippen molar-refractivity contribution in [1.29, 1.82) is 5.26 Å². The van der Waals surface area contributed by atoms with Crippen LogP contribution in [-0.2, 0) is 38.4 Å². The maximum Gasteiger partial charge on any atom is 0.270 e. The van der Waals surface area contributed by atoms with Gasteiger partial charge in [0.25, 0.3) is 11.8 Å². The van der Waals surface area contributed by atoms with E-state index in [4.69, 9.17) is 23.2 Å². The lowest BCUT2D eigenvalue weighted by Gasteiger charge is -2.27. The van der Waals surface area contributed by atoms with Crippen molar-refractivity contribution in [2.45, 2.75) is 69.1 Å². The zero-order valence-corrected chi connectivity index (χ0v) is 28.7. The number of benzene rings is 2. The number of pyridine rings is 1. The molecule has 0 radical (unpaired) electrons. The summed E-state index contributed by atoms with van der Waals surface area (Å²) in [6, 6.07) is 17.4. The number of rotatable bonds is 10. The first kappa shape index (κ1) is 33.3. The van der Waals surface area contributed by atoms with Gasteiger partial charge in [-0.25, -0.2) is 9.88 Å². The van der Waals surface area contributed by atoms with Crippen molar-refractivity contribution in [3.05, 3.63) is 105 Å². The van der Waals surface area contributed by atoms with Gasteiger partial charge in [-0.1, -0.05) is 35.3 Å². The van der Waals surface area contributed by atoms with Gasteiger partial charge in [0, 0.05) is 36.1 Å². The quantitative estimate of drug-likeness (QED) is 0.213. The molecule has 3 aliphatic rings. The van der Waals surface area contributed by atoms with Crippen LogP contribution >= 0.6 is 23.2 Å². The van der Waals surface area contributed by atoms with Gasteiger partial charge in [0.15, 0.2) is 0 Å². The zero-order chi connectivity index (χ0) is 35.4. The predicted molar refractivity (Wildman–Crippen MR) is 185 cm³/mol. The second-order valence-corrected chi connectivity index (χ2v) is 14.2. The highest BCUT2D eigenvalue weighted by Gasteiger charge is 2.57. The lowest BCUT2D eigenvalue weighted by molar-refractivity contribution is -0.125. The molecule has 14 heteroatoms. The highest BCUT2D eigenvalue weighted by Crippen LogP contribution is 2.48. The van der Waals surface area contributed by atoms with E-state index in [1.807, 2.05) is 12.1 Å². The molecule has 1 unspecified atom stereocenters. The molecule has 1 atom stereocenters. The molecule has 0 bridgehead atoms. The fourth-order valence-corrected chi connectivity index (χ4v) is 7.03. The third kappa shape index (κ3) is 5.97. The number of hydrogen-bond acceptors (Lipinski definition) is 7. The van der Waals surface area contributed by atoms with Crippen molar-refractivity contribution in [3.63, 3.8) is 0 Å². The molecule has 2 fully saturated rings. The SMILES string of the molecule is CC(=O)NCc1ccnc(C2(NC(=O)C3(NC(=O)c4cnc5n4C(C)(Cc4ccc(C#N)cc4)C(=O)N5c4cc(Cl)cc(Cl)c4)CC3)CC2)c1. The monoisotopic (exact) mass is 710 g/mol. The van der Waals surface area contributed by atoms with Crippen LogP contribution in [0, 0.1) is 11.3 Å². The molecule has 50 heavy (non-hydrogen) atoms. The molecular formula is C36H32Cl2N8O4. The third-order valence-electron chi connectivity index (χ3n) is 9.57. The summed E-state index contributed by atoms with van der Waals surface area (Å²) in [5.41, 5.74) is 0.162. The number of hydrogen-bond donors (Lipinski definition) is 3. The maximum absolute atomic E-state index is 14.4. The Balaban J connectivity index is 1.17. The number of nitriles is 1. The summed E-state index contributed by atoms with van der Waals surface area (Å²) in [5.74, 6) is -1.17. The summed E-state index contributed by atoms with van der Waals surface area (Å²) in [5, 5.41) is 18.8. The Morgan fingerprint density at radius 3 is 2.26 bits per heavy atom. The number of carbonyl (C=O) groups is 4. The summed E-state index contributed by atoms with van der Waals surface area (Å²) in [4.78, 5) is 64.2. The van der Waals surface area contributed by atoms with E-state index >= 15 is 0 Å². The lowest BCUT2D eigenvalue weighted by atomic mass is 9.91. The first-order valence-corrected chi connectivity index (χ1v) is 16.8. The molecule has 2 aromatic carbocycles. The second-order valence-electron chi connectivity index (χ2n) is 13.3. The van der Waals surface area contributed by atoms with Crippen molar-refractivity contribution < 1.29 is 19.2 Å². The van der Waals surface area contributed by atoms with E-state index in [0.29, 0.717) is 59.2 Å². The van der Waals surface area contributed by atoms with Crippen molar-refractivity contribution in [2.75, 3.05) is 4.90 Å². The molecule has 254 valence electrons. The van der Waals surface area contributed by atoms with Crippen molar-refractivity contribution in [2.24, 2.45) is 0 Å². The van der Waals surface area contributed by atoms with Crippen LogP contribution < -0.4 is 20.9 Å². The Morgan fingerprint density at radius 1 is 0.940 bits per heavy atom. The zero-order valence-electron chi connectivity index (χ0n) is 27.2. The Morgan fingerprint density at radius 2 is 1.64 bits per heavy atom. The molecule has 3 N–H and O–H groups in total. The molecule has 2 aliphatic carbocycles. The Labute approximate surface area is 297 Å². The number of anilines is 2. The van der Waals surface area contributed by atoms with Gasteiger partial charge >= 0.3 is 0 Å². The number of carbonyl (C=O) groups excluding carboxylic acids is 4. The topological polar surface area (TPSA) is 162 Å². The molecule has 12 nitrogen and oxygen atoms in total. The van der Waals surface area contributed by atoms with Crippen molar-refractivity contribution in [3.8, 4) is 6.07 Å². The van der Waals surface area contributed by atoms with Crippen LogP contribution in [0.3, 0.4) is 0 Å². The maximum atomic E-state index is 14.4. The minimum atomic E-state index is -1.33. The standard InChI is InChI=1S/C36H32Cl2N8O4/c1-21(47)41-19-24-7-12-40-29(13-24)35(8-9-35)44-31(49)36(10-11-36)43-30(48)28-20-42-33-45(27-15-25(37)14-26(38)16-27)32(50)34(2,46(28)33)17-22-3-5-23(18-39)6-4-22/h3-7,12-16,20H,8-11,17,19H2,1-2H3,(H,41,47)(H,43,48)(H,44,49). The number of aromatic nitrogens is 3. The van der Waals surface area contributed by atoms with Crippen LogP contribution in [0.4, 0.5) is 11.6 Å². The first-order chi connectivity index (χ1) is 23.9. The summed E-state index contributed by atoms with van der Waals surface area (Å²) < 4.78 is 1.60. The van der Waals surface area contributed by atoms with E-state index in [-0.39, 0.29) is 35.8 Å². The lowest BCUT2D eigenvalue weighted by Crippen LogP contribution is -2.52. The first-order valence-electron chi connectivity index (χ1n) is 16.1. The Bertz CT molecular complexity index is 2100. The van der Waals surface area contributed by atoms with Gasteiger partial charge in [-0.05, 0) is 86.2 Å². The van der Waals surface area contributed by atoms with Gasteiger partial charge in [-0.15, -0.1) is 0 Å². The molecule has 0 saturated heterocycles. The van der Waals surface area contributed by atoms with E-state index in [1.54, 1.807) is 60.2 Å². The van der Waals surface area contributed by atoms with Gasteiger partial charge < -0.3 is 16.0 Å². The van der Waals surface area contributed by atoms with Crippen LogP contribution in [0.15, 0.2) is 67.0 Å². The van der Waals surface area contributed by atoms with Crippen LogP contribution in [-0.4, -0.2) is 43.7 Å². The van der Waals surface area contributed by atoms with E-state index < -0.39 is 22.5 Å². The van der Waals surface area contributed by atoms with E-state index in [0.717, 1.165) is 11.1 Å². The molecule has 2 aromatic heterocycles. The highest BCUT2D eigenvalue weighted by atomic mass is 35.5. The average Bonchev–Trinajstić information content (AvgIpc) is 3.99. The van der Waals surface area contributed by atoms with Crippen LogP contribution in [0.2, 0.25) is 10.0 Å². The van der Waals surface area contributed by atoms with Gasteiger partial charge in [0.05, 0.1) is 34.7 Å².